The van der Waals surface area contributed by atoms with Gasteiger partial charge in [0.1, 0.15) is 5.76 Å². The monoisotopic (exact) mass is 343 g/mol. The van der Waals surface area contributed by atoms with Gasteiger partial charge in [0.2, 0.25) is 0 Å². The van der Waals surface area contributed by atoms with Crippen molar-refractivity contribution in [3.8, 4) is 0 Å². The van der Waals surface area contributed by atoms with Gasteiger partial charge >= 0.3 is 0 Å². The number of benzene rings is 1. The topological polar surface area (TPSA) is 21.3 Å². The molecule has 0 amide bonds. The molecule has 1 N–H and O–H groups in total. The van der Waals surface area contributed by atoms with E-state index in [1.54, 1.807) is 0 Å². The normalized spacial score (nSPS) is 16.7. The third kappa shape index (κ3) is 3.98. The average molecular weight is 345 g/mol. The van der Waals surface area contributed by atoms with Gasteiger partial charge in [0.15, 0.2) is 0 Å². The van der Waals surface area contributed by atoms with E-state index in [-0.39, 0.29) is 6.04 Å². The third-order valence-electron chi connectivity index (χ3n) is 3.11. The van der Waals surface area contributed by atoms with Crippen molar-refractivity contribution in [1.29, 1.82) is 0 Å². The lowest BCUT2D eigenvalue weighted by Crippen LogP contribution is -2.26. The summed E-state index contributed by atoms with van der Waals surface area (Å²) in [4.78, 5) is 0. The zero-order chi connectivity index (χ0) is 13.7. The molecule has 1 unspecified atom stereocenters. The molecule has 0 aromatic heterocycles. The van der Waals surface area contributed by atoms with E-state index in [0.717, 1.165) is 53.2 Å². The molecular formula is C15H19BrClNO. The Morgan fingerprint density at radius 2 is 2.32 bits per heavy atom. The summed E-state index contributed by atoms with van der Waals surface area (Å²) in [5, 5.41) is 4.29. The summed E-state index contributed by atoms with van der Waals surface area (Å²) in [6.45, 7) is 3.91. The first kappa shape index (κ1) is 14.9. The summed E-state index contributed by atoms with van der Waals surface area (Å²) < 4.78 is 6.88. The number of halogens is 2. The van der Waals surface area contributed by atoms with Gasteiger partial charge in [-0.25, -0.2) is 0 Å². The summed E-state index contributed by atoms with van der Waals surface area (Å²) in [5.41, 5.74) is 1.13. The van der Waals surface area contributed by atoms with Crippen LogP contribution >= 0.6 is 27.5 Å². The Bertz CT molecular complexity index is 461. The van der Waals surface area contributed by atoms with Crippen LogP contribution in [-0.2, 0) is 4.74 Å². The fourth-order valence-electron chi connectivity index (χ4n) is 2.17. The van der Waals surface area contributed by atoms with Gasteiger partial charge in [-0.15, -0.1) is 0 Å². The van der Waals surface area contributed by atoms with Crippen LogP contribution < -0.4 is 5.32 Å². The third-order valence-corrected chi connectivity index (χ3v) is 4.07. The minimum Gasteiger partial charge on any atom is -0.496 e. The minimum atomic E-state index is 0.0772. The molecule has 0 spiro atoms. The first-order valence-electron chi connectivity index (χ1n) is 6.73. The highest BCUT2D eigenvalue weighted by Gasteiger charge is 2.21. The fourth-order valence-corrected chi connectivity index (χ4v) is 2.82. The van der Waals surface area contributed by atoms with Crippen molar-refractivity contribution in [1.82, 2.24) is 5.32 Å². The van der Waals surface area contributed by atoms with Gasteiger partial charge in [-0.3, -0.25) is 0 Å². The molecule has 1 aromatic rings. The number of allylic oxidation sites excluding steroid dienone is 1. The second-order valence-electron chi connectivity index (χ2n) is 4.65. The molecule has 0 saturated carbocycles. The zero-order valence-corrected chi connectivity index (χ0v) is 13.4. The van der Waals surface area contributed by atoms with Crippen LogP contribution in [0.1, 0.15) is 37.8 Å². The molecule has 1 aliphatic rings. The van der Waals surface area contributed by atoms with Crippen molar-refractivity contribution in [2.45, 2.75) is 32.2 Å². The maximum atomic E-state index is 6.12. The van der Waals surface area contributed by atoms with E-state index in [4.69, 9.17) is 16.3 Å². The van der Waals surface area contributed by atoms with E-state index in [2.05, 4.69) is 34.2 Å². The highest BCUT2D eigenvalue weighted by Crippen LogP contribution is 2.33. The van der Waals surface area contributed by atoms with Crippen LogP contribution in [0, 0.1) is 0 Å². The maximum absolute atomic E-state index is 6.12. The Morgan fingerprint density at radius 3 is 3.00 bits per heavy atom. The molecule has 1 atom stereocenters. The van der Waals surface area contributed by atoms with E-state index in [1.165, 1.54) is 0 Å². The second-order valence-corrected chi connectivity index (χ2v) is 5.94. The lowest BCUT2D eigenvalue weighted by atomic mass is 10.0. The molecular weight excluding hydrogens is 326 g/mol. The Balaban J connectivity index is 2.30. The van der Waals surface area contributed by atoms with Crippen LogP contribution in [0.25, 0.3) is 0 Å². The Hall–Kier alpha value is -0.510. The molecule has 1 aromatic carbocycles. The van der Waals surface area contributed by atoms with Crippen LogP contribution in [-0.4, -0.2) is 13.2 Å². The van der Waals surface area contributed by atoms with Crippen molar-refractivity contribution >= 4 is 27.5 Å². The van der Waals surface area contributed by atoms with Crippen LogP contribution in [0.15, 0.2) is 34.5 Å². The van der Waals surface area contributed by atoms with Gasteiger partial charge in [0, 0.05) is 9.50 Å². The van der Waals surface area contributed by atoms with E-state index in [1.807, 2.05) is 18.2 Å². The van der Waals surface area contributed by atoms with Gasteiger partial charge in [-0.05, 0) is 55.6 Å². The molecule has 0 bridgehead atoms. The number of hydrogen-bond acceptors (Lipinski definition) is 2. The van der Waals surface area contributed by atoms with Crippen LogP contribution in [0.5, 0.6) is 0 Å². The standard InChI is InChI=1S/C15H19BrClNO/c1-2-8-18-15(14-5-3-4-9-19-14)12-10-11(17)6-7-13(12)16/h5-7,10,15,18H,2-4,8-9H2,1H3. The number of rotatable bonds is 5. The molecule has 2 nitrogen and oxygen atoms in total. The summed E-state index contributed by atoms with van der Waals surface area (Å²) in [6.07, 6.45) is 5.45. The minimum absolute atomic E-state index is 0.0772. The molecule has 0 saturated heterocycles. The first-order valence-corrected chi connectivity index (χ1v) is 7.90. The number of nitrogens with one attached hydrogen (secondary N) is 1. The van der Waals surface area contributed by atoms with Gasteiger partial charge in [0.25, 0.3) is 0 Å². The molecule has 1 aliphatic heterocycles. The van der Waals surface area contributed by atoms with Gasteiger partial charge in [-0.1, -0.05) is 34.5 Å². The van der Waals surface area contributed by atoms with Crippen LogP contribution in [0.4, 0.5) is 0 Å². The summed E-state index contributed by atoms with van der Waals surface area (Å²) >= 11 is 9.73. The van der Waals surface area contributed by atoms with Crippen LogP contribution in [0.3, 0.4) is 0 Å². The quantitative estimate of drug-likeness (QED) is 0.825. The van der Waals surface area contributed by atoms with E-state index in [0.29, 0.717) is 0 Å². The fraction of sp³-hybridized carbons (Fsp3) is 0.467. The highest BCUT2D eigenvalue weighted by atomic mass is 79.9. The van der Waals surface area contributed by atoms with E-state index in [9.17, 15) is 0 Å². The lowest BCUT2D eigenvalue weighted by molar-refractivity contribution is 0.167. The van der Waals surface area contributed by atoms with Crippen molar-refractivity contribution in [2.24, 2.45) is 0 Å². The SMILES string of the molecule is CCCNC(C1=CCCCO1)c1cc(Cl)ccc1Br. The van der Waals surface area contributed by atoms with Crippen molar-refractivity contribution < 1.29 is 4.74 Å². The van der Waals surface area contributed by atoms with Gasteiger partial charge < -0.3 is 10.1 Å². The summed E-state index contributed by atoms with van der Waals surface area (Å²) in [6, 6.07) is 5.95. The molecule has 1 heterocycles. The van der Waals surface area contributed by atoms with Gasteiger partial charge in [0.05, 0.1) is 12.6 Å². The van der Waals surface area contributed by atoms with Crippen molar-refractivity contribution in [2.75, 3.05) is 13.2 Å². The zero-order valence-electron chi connectivity index (χ0n) is 11.1. The molecule has 0 radical (unpaired) electrons. The maximum Gasteiger partial charge on any atom is 0.113 e. The molecule has 104 valence electrons. The number of hydrogen-bond donors (Lipinski definition) is 1. The predicted molar refractivity (Wildman–Crippen MR) is 83.5 cm³/mol. The van der Waals surface area contributed by atoms with Gasteiger partial charge in [-0.2, -0.15) is 0 Å². The molecule has 19 heavy (non-hydrogen) atoms. The Kier molecular flexibility index (Phi) is 5.74. The van der Waals surface area contributed by atoms with Crippen molar-refractivity contribution in [3.05, 3.63) is 45.1 Å². The van der Waals surface area contributed by atoms with E-state index < -0.39 is 0 Å². The van der Waals surface area contributed by atoms with Crippen LogP contribution in [0.2, 0.25) is 5.02 Å². The largest absolute Gasteiger partial charge is 0.496 e. The predicted octanol–water partition coefficient (Wildman–Crippen LogP) is 4.84. The lowest BCUT2D eigenvalue weighted by Gasteiger charge is -2.26. The number of ether oxygens (including phenoxy) is 1. The highest BCUT2D eigenvalue weighted by molar-refractivity contribution is 9.10. The molecule has 2 rings (SSSR count). The summed E-state index contributed by atoms with van der Waals surface area (Å²) in [7, 11) is 0. The van der Waals surface area contributed by atoms with E-state index >= 15 is 0 Å². The van der Waals surface area contributed by atoms with Crippen molar-refractivity contribution in [3.63, 3.8) is 0 Å². The Morgan fingerprint density at radius 1 is 1.47 bits per heavy atom. The average Bonchev–Trinajstić information content (AvgIpc) is 2.44. The second kappa shape index (κ2) is 7.32. The Labute approximate surface area is 128 Å². The molecule has 0 aliphatic carbocycles. The molecule has 4 heteroatoms. The molecule has 0 fully saturated rings. The smallest absolute Gasteiger partial charge is 0.113 e. The summed E-state index contributed by atoms with van der Waals surface area (Å²) in [5.74, 6) is 1.02. The first-order chi connectivity index (χ1) is 9.22.